The second-order valence-electron chi connectivity index (χ2n) is 4.46. The second-order valence-corrected chi connectivity index (χ2v) is 4.46. The minimum atomic E-state index is 0.576. The second kappa shape index (κ2) is 5.46. The molecule has 1 heterocycles. The van der Waals surface area contributed by atoms with E-state index in [2.05, 4.69) is 49.2 Å². The van der Waals surface area contributed by atoms with E-state index in [1.807, 2.05) is 6.07 Å². The lowest BCUT2D eigenvalue weighted by molar-refractivity contribution is 0.734. The maximum atomic E-state index is 9.07. The molecular formula is C16H16N2. The van der Waals surface area contributed by atoms with Gasteiger partial charge in [-0.3, -0.25) is 4.98 Å². The fraction of sp³-hybridized carbons (Fsp3) is 0.250. The van der Waals surface area contributed by atoms with Crippen LogP contribution in [-0.4, -0.2) is 4.98 Å². The van der Waals surface area contributed by atoms with E-state index in [-0.39, 0.29) is 0 Å². The molecule has 0 aliphatic rings. The molecule has 0 bridgehead atoms. The fourth-order valence-electron chi connectivity index (χ4n) is 1.96. The standard InChI is InChI=1S/C16H16N2/c1-3-12(2)13-4-6-14(7-5-13)16-8-9-18-11-15(16)10-17/h4-9,11-12H,3H2,1-2H3. The van der Waals surface area contributed by atoms with Crippen LogP contribution < -0.4 is 0 Å². The molecule has 1 atom stereocenters. The summed E-state index contributed by atoms with van der Waals surface area (Å²) in [6, 6.07) is 12.5. The van der Waals surface area contributed by atoms with E-state index >= 15 is 0 Å². The molecule has 18 heavy (non-hydrogen) atoms. The van der Waals surface area contributed by atoms with E-state index in [1.54, 1.807) is 12.4 Å². The largest absolute Gasteiger partial charge is 0.263 e. The average molecular weight is 236 g/mol. The lowest BCUT2D eigenvalue weighted by atomic mass is 9.95. The summed E-state index contributed by atoms with van der Waals surface area (Å²) in [5, 5.41) is 9.07. The Balaban J connectivity index is 2.38. The van der Waals surface area contributed by atoms with Crippen molar-refractivity contribution in [2.45, 2.75) is 26.2 Å². The number of rotatable bonds is 3. The van der Waals surface area contributed by atoms with Crippen LogP contribution in [0.5, 0.6) is 0 Å². The molecule has 2 nitrogen and oxygen atoms in total. The Labute approximate surface area is 108 Å². The molecule has 90 valence electrons. The maximum Gasteiger partial charge on any atom is 0.101 e. The highest BCUT2D eigenvalue weighted by molar-refractivity contribution is 5.69. The maximum absolute atomic E-state index is 9.07. The number of benzene rings is 1. The van der Waals surface area contributed by atoms with Crippen LogP contribution in [0, 0.1) is 11.3 Å². The van der Waals surface area contributed by atoms with Gasteiger partial charge in [0, 0.05) is 18.0 Å². The summed E-state index contributed by atoms with van der Waals surface area (Å²) in [5.74, 6) is 0.576. The van der Waals surface area contributed by atoms with Gasteiger partial charge in [-0.2, -0.15) is 5.26 Å². The molecule has 2 heteroatoms. The van der Waals surface area contributed by atoms with E-state index in [0.717, 1.165) is 17.5 Å². The minimum Gasteiger partial charge on any atom is -0.263 e. The Kier molecular flexibility index (Phi) is 3.74. The first-order valence-corrected chi connectivity index (χ1v) is 6.20. The van der Waals surface area contributed by atoms with Gasteiger partial charge in [0.2, 0.25) is 0 Å². The van der Waals surface area contributed by atoms with Gasteiger partial charge in [0.15, 0.2) is 0 Å². The zero-order valence-electron chi connectivity index (χ0n) is 10.7. The Hall–Kier alpha value is -2.14. The molecule has 0 fully saturated rings. The molecule has 0 amide bonds. The van der Waals surface area contributed by atoms with E-state index in [9.17, 15) is 0 Å². The molecule has 1 aromatic carbocycles. The third-order valence-corrected chi connectivity index (χ3v) is 3.34. The highest BCUT2D eigenvalue weighted by Gasteiger charge is 2.06. The number of nitrogens with zero attached hydrogens (tertiary/aromatic N) is 2. The molecule has 0 radical (unpaired) electrons. The van der Waals surface area contributed by atoms with Crippen molar-refractivity contribution < 1.29 is 0 Å². The number of hydrogen-bond donors (Lipinski definition) is 0. The Morgan fingerprint density at radius 2 is 1.94 bits per heavy atom. The quantitative estimate of drug-likeness (QED) is 0.803. The van der Waals surface area contributed by atoms with E-state index < -0.39 is 0 Å². The lowest BCUT2D eigenvalue weighted by Gasteiger charge is -2.10. The monoisotopic (exact) mass is 236 g/mol. The normalized spacial score (nSPS) is 11.8. The molecule has 0 N–H and O–H groups in total. The summed E-state index contributed by atoms with van der Waals surface area (Å²) in [4.78, 5) is 3.98. The first kappa shape index (κ1) is 12.3. The van der Waals surface area contributed by atoms with Crippen molar-refractivity contribution in [2.24, 2.45) is 0 Å². The van der Waals surface area contributed by atoms with Crippen LogP contribution in [0.1, 0.15) is 37.3 Å². The molecule has 2 rings (SSSR count). The van der Waals surface area contributed by atoms with Gasteiger partial charge in [-0.05, 0) is 29.5 Å². The molecule has 1 unspecified atom stereocenters. The van der Waals surface area contributed by atoms with E-state index in [0.29, 0.717) is 11.5 Å². The SMILES string of the molecule is CCC(C)c1ccc(-c2ccncc2C#N)cc1. The van der Waals surface area contributed by atoms with Crippen molar-refractivity contribution in [3.8, 4) is 17.2 Å². The van der Waals surface area contributed by atoms with Gasteiger partial charge in [0.25, 0.3) is 0 Å². The van der Waals surface area contributed by atoms with Crippen LogP contribution in [0.3, 0.4) is 0 Å². The van der Waals surface area contributed by atoms with Gasteiger partial charge in [-0.1, -0.05) is 38.1 Å². The smallest absolute Gasteiger partial charge is 0.101 e. The summed E-state index contributed by atoms with van der Waals surface area (Å²) in [6.07, 6.45) is 4.47. The van der Waals surface area contributed by atoms with Crippen molar-refractivity contribution >= 4 is 0 Å². The van der Waals surface area contributed by atoms with Gasteiger partial charge >= 0.3 is 0 Å². The molecule has 0 spiro atoms. The number of pyridine rings is 1. The number of nitriles is 1. The number of aromatic nitrogens is 1. The Bertz CT molecular complexity index is 564. The zero-order chi connectivity index (χ0) is 13.0. The first-order valence-electron chi connectivity index (χ1n) is 6.20. The summed E-state index contributed by atoms with van der Waals surface area (Å²) in [5.41, 5.74) is 3.98. The molecule has 1 aromatic heterocycles. The highest BCUT2D eigenvalue weighted by Crippen LogP contribution is 2.25. The van der Waals surface area contributed by atoms with Crippen molar-refractivity contribution in [3.05, 3.63) is 53.9 Å². The number of hydrogen-bond acceptors (Lipinski definition) is 2. The van der Waals surface area contributed by atoms with Gasteiger partial charge in [0.05, 0.1) is 5.56 Å². The average Bonchev–Trinajstić information content (AvgIpc) is 2.46. The van der Waals surface area contributed by atoms with Gasteiger partial charge in [-0.25, -0.2) is 0 Å². The van der Waals surface area contributed by atoms with Crippen LogP contribution in [0.15, 0.2) is 42.7 Å². The summed E-state index contributed by atoms with van der Waals surface area (Å²) >= 11 is 0. The van der Waals surface area contributed by atoms with Crippen LogP contribution >= 0.6 is 0 Å². The first-order chi connectivity index (χ1) is 8.76. The predicted octanol–water partition coefficient (Wildman–Crippen LogP) is 4.13. The molecule has 0 aliphatic heterocycles. The summed E-state index contributed by atoms with van der Waals surface area (Å²) in [6.45, 7) is 4.41. The fourth-order valence-corrected chi connectivity index (χ4v) is 1.96. The van der Waals surface area contributed by atoms with E-state index in [1.165, 1.54) is 5.56 Å². The highest BCUT2D eigenvalue weighted by atomic mass is 14.6. The summed E-state index contributed by atoms with van der Waals surface area (Å²) in [7, 11) is 0. The third kappa shape index (κ3) is 2.41. The predicted molar refractivity (Wildman–Crippen MR) is 73.1 cm³/mol. The van der Waals surface area contributed by atoms with Gasteiger partial charge in [0.1, 0.15) is 6.07 Å². The van der Waals surface area contributed by atoms with Crippen LogP contribution in [-0.2, 0) is 0 Å². The van der Waals surface area contributed by atoms with Crippen molar-refractivity contribution in [2.75, 3.05) is 0 Å². The topological polar surface area (TPSA) is 36.7 Å². The van der Waals surface area contributed by atoms with Gasteiger partial charge < -0.3 is 0 Å². The van der Waals surface area contributed by atoms with Gasteiger partial charge in [-0.15, -0.1) is 0 Å². The zero-order valence-corrected chi connectivity index (χ0v) is 10.7. The van der Waals surface area contributed by atoms with E-state index in [4.69, 9.17) is 5.26 Å². The van der Waals surface area contributed by atoms with Crippen LogP contribution in [0.2, 0.25) is 0 Å². The molecule has 2 aromatic rings. The molecule has 0 saturated heterocycles. The lowest BCUT2D eigenvalue weighted by Crippen LogP contribution is -1.91. The van der Waals surface area contributed by atoms with Crippen molar-refractivity contribution in [1.82, 2.24) is 4.98 Å². The third-order valence-electron chi connectivity index (χ3n) is 3.34. The molecular weight excluding hydrogens is 220 g/mol. The summed E-state index contributed by atoms with van der Waals surface area (Å²) < 4.78 is 0. The van der Waals surface area contributed by atoms with Crippen molar-refractivity contribution in [1.29, 1.82) is 5.26 Å². The Morgan fingerprint density at radius 1 is 1.22 bits per heavy atom. The molecule has 0 aliphatic carbocycles. The minimum absolute atomic E-state index is 0.576. The van der Waals surface area contributed by atoms with Crippen LogP contribution in [0.4, 0.5) is 0 Å². The molecule has 0 saturated carbocycles. The Morgan fingerprint density at radius 3 is 2.56 bits per heavy atom. The van der Waals surface area contributed by atoms with Crippen molar-refractivity contribution in [3.63, 3.8) is 0 Å². The van der Waals surface area contributed by atoms with Crippen LogP contribution in [0.25, 0.3) is 11.1 Å².